The SMILES string of the molecule is CCOC(=O)CCNC(=O)OC. The molecule has 0 saturated carbocycles. The Labute approximate surface area is 71.0 Å². The molecule has 12 heavy (non-hydrogen) atoms. The lowest BCUT2D eigenvalue weighted by Gasteiger charge is -2.02. The van der Waals surface area contributed by atoms with Crippen LogP contribution in [0.3, 0.4) is 0 Å². The first-order valence-electron chi connectivity index (χ1n) is 3.68. The molecular formula is C7H13NO4. The third-order valence-corrected chi connectivity index (χ3v) is 1.09. The third kappa shape index (κ3) is 5.52. The number of amides is 1. The molecule has 0 aromatic heterocycles. The van der Waals surface area contributed by atoms with Crippen molar-refractivity contribution in [2.75, 3.05) is 20.3 Å². The maximum Gasteiger partial charge on any atom is 0.406 e. The monoisotopic (exact) mass is 175 g/mol. The van der Waals surface area contributed by atoms with Crippen LogP contribution in [0.25, 0.3) is 0 Å². The highest BCUT2D eigenvalue weighted by Gasteiger charge is 2.02. The fourth-order valence-corrected chi connectivity index (χ4v) is 0.572. The van der Waals surface area contributed by atoms with Gasteiger partial charge in [-0.05, 0) is 6.92 Å². The van der Waals surface area contributed by atoms with E-state index in [-0.39, 0.29) is 18.9 Å². The van der Waals surface area contributed by atoms with Crippen LogP contribution in [-0.2, 0) is 14.3 Å². The maximum atomic E-state index is 10.7. The van der Waals surface area contributed by atoms with Crippen molar-refractivity contribution in [2.45, 2.75) is 13.3 Å². The van der Waals surface area contributed by atoms with E-state index in [0.29, 0.717) is 6.61 Å². The van der Waals surface area contributed by atoms with Gasteiger partial charge in [-0.15, -0.1) is 0 Å². The number of hydrogen-bond donors (Lipinski definition) is 1. The molecular weight excluding hydrogens is 162 g/mol. The van der Waals surface area contributed by atoms with Gasteiger partial charge in [-0.25, -0.2) is 4.79 Å². The minimum atomic E-state index is -0.542. The summed E-state index contributed by atoms with van der Waals surface area (Å²) in [7, 11) is 1.26. The molecule has 0 rings (SSSR count). The van der Waals surface area contributed by atoms with Crippen molar-refractivity contribution in [1.29, 1.82) is 0 Å². The second kappa shape index (κ2) is 6.45. The van der Waals surface area contributed by atoms with Gasteiger partial charge in [-0.3, -0.25) is 4.79 Å². The Morgan fingerprint density at radius 3 is 2.58 bits per heavy atom. The molecule has 0 radical (unpaired) electrons. The number of hydrogen-bond acceptors (Lipinski definition) is 4. The van der Waals surface area contributed by atoms with Crippen molar-refractivity contribution in [3.63, 3.8) is 0 Å². The first kappa shape index (κ1) is 10.7. The van der Waals surface area contributed by atoms with Crippen molar-refractivity contribution in [3.8, 4) is 0 Å². The van der Waals surface area contributed by atoms with Crippen molar-refractivity contribution in [3.05, 3.63) is 0 Å². The molecule has 0 aliphatic heterocycles. The summed E-state index contributed by atoms with van der Waals surface area (Å²) < 4.78 is 8.92. The molecule has 0 aromatic carbocycles. The Kier molecular flexibility index (Phi) is 5.77. The molecule has 0 saturated heterocycles. The zero-order valence-electron chi connectivity index (χ0n) is 7.25. The van der Waals surface area contributed by atoms with Crippen LogP contribution >= 0.6 is 0 Å². The zero-order valence-corrected chi connectivity index (χ0v) is 7.25. The molecule has 0 unspecified atom stereocenters. The van der Waals surface area contributed by atoms with Gasteiger partial charge >= 0.3 is 12.1 Å². The Morgan fingerprint density at radius 1 is 1.42 bits per heavy atom. The summed E-state index contributed by atoms with van der Waals surface area (Å²) in [4.78, 5) is 21.2. The van der Waals surface area contributed by atoms with E-state index in [2.05, 4.69) is 14.8 Å². The fraction of sp³-hybridized carbons (Fsp3) is 0.714. The molecule has 0 heterocycles. The molecule has 0 aromatic rings. The summed E-state index contributed by atoms with van der Waals surface area (Å²) in [5, 5.41) is 2.36. The number of nitrogens with one attached hydrogen (secondary N) is 1. The summed E-state index contributed by atoms with van der Waals surface area (Å²) in [6.45, 7) is 2.33. The number of esters is 1. The fourth-order valence-electron chi connectivity index (χ4n) is 0.572. The van der Waals surface area contributed by atoms with E-state index in [1.165, 1.54) is 7.11 Å². The molecule has 70 valence electrons. The van der Waals surface area contributed by atoms with E-state index < -0.39 is 6.09 Å². The molecule has 5 nitrogen and oxygen atoms in total. The number of rotatable bonds is 4. The minimum absolute atomic E-state index is 0.170. The summed E-state index contributed by atoms with van der Waals surface area (Å²) >= 11 is 0. The maximum absolute atomic E-state index is 10.7. The van der Waals surface area contributed by atoms with Gasteiger partial charge in [-0.1, -0.05) is 0 Å². The van der Waals surface area contributed by atoms with E-state index >= 15 is 0 Å². The predicted molar refractivity (Wildman–Crippen MR) is 41.7 cm³/mol. The summed E-state index contributed by atoms with van der Waals surface area (Å²) in [6.07, 6.45) is -0.373. The molecule has 1 N–H and O–H groups in total. The summed E-state index contributed by atoms with van der Waals surface area (Å²) in [5.74, 6) is -0.325. The Balaban J connectivity index is 3.30. The van der Waals surface area contributed by atoms with Crippen molar-refractivity contribution in [2.24, 2.45) is 0 Å². The molecule has 0 atom stereocenters. The average molecular weight is 175 g/mol. The van der Waals surface area contributed by atoms with Crippen LogP contribution in [-0.4, -0.2) is 32.3 Å². The lowest BCUT2D eigenvalue weighted by Crippen LogP contribution is -2.26. The van der Waals surface area contributed by atoms with Gasteiger partial charge in [-0.2, -0.15) is 0 Å². The van der Waals surface area contributed by atoms with Crippen LogP contribution in [0.1, 0.15) is 13.3 Å². The smallest absolute Gasteiger partial charge is 0.406 e. The topological polar surface area (TPSA) is 64.6 Å². The Morgan fingerprint density at radius 2 is 2.08 bits per heavy atom. The highest BCUT2D eigenvalue weighted by molar-refractivity contribution is 5.71. The number of carbonyl (C=O) groups is 2. The lowest BCUT2D eigenvalue weighted by atomic mass is 10.4. The van der Waals surface area contributed by atoms with Crippen molar-refractivity contribution >= 4 is 12.1 Å². The summed E-state index contributed by atoms with van der Waals surface area (Å²) in [6, 6.07) is 0. The second-order valence-corrected chi connectivity index (χ2v) is 1.97. The van der Waals surface area contributed by atoms with Crippen LogP contribution in [0.2, 0.25) is 0 Å². The van der Waals surface area contributed by atoms with Gasteiger partial charge in [0.2, 0.25) is 0 Å². The first-order chi connectivity index (χ1) is 5.70. The van der Waals surface area contributed by atoms with Gasteiger partial charge in [0.05, 0.1) is 20.1 Å². The van der Waals surface area contributed by atoms with E-state index in [1.807, 2.05) is 0 Å². The number of methoxy groups -OCH3 is 1. The summed E-state index contributed by atoms with van der Waals surface area (Å²) in [5.41, 5.74) is 0. The second-order valence-electron chi connectivity index (χ2n) is 1.97. The van der Waals surface area contributed by atoms with E-state index in [4.69, 9.17) is 0 Å². The van der Waals surface area contributed by atoms with Crippen LogP contribution in [0.4, 0.5) is 4.79 Å². The van der Waals surface area contributed by atoms with Crippen molar-refractivity contribution in [1.82, 2.24) is 5.32 Å². The Hall–Kier alpha value is -1.26. The van der Waals surface area contributed by atoms with Crippen molar-refractivity contribution < 1.29 is 19.1 Å². The molecule has 0 aliphatic rings. The number of carbonyl (C=O) groups excluding carboxylic acids is 2. The predicted octanol–water partition coefficient (Wildman–Crippen LogP) is 0.296. The van der Waals surface area contributed by atoms with E-state index in [0.717, 1.165) is 0 Å². The molecule has 1 amide bonds. The molecule has 0 spiro atoms. The van der Waals surface area contributed by atoms with Crippen LogP contribution in [0, 0.1) is 0 Å². The highest BCUT2D eigenvalue weighted by Crippen LogP contribution is 1.84. The Bertz CT molecular complexity index is 157. The first-order valence-corrected chi connectivity index (χ1v) is 3.68. The molecule has 5 heteroatoms. The molecule has 0 fully saturated rings. The van der Waals surface area contributed by atoms with E-state index in [9.17, 15) is 9.59 Å². The quantitative estimate of drug-likeness (QED) is 0.624. The highest BCUT2D eigenvalue weighted by atomic mass is 16.5. The normalized spacial score (nSPS) is 8.83. The number of alkyl carbamates (subject to hydrolysis) is 1. The molecule has 0 bridgehead atoms. The largest absolute Gasteiger partial charge is 0.466 e. The average Bonchev–Trinajstić information content (AvgIpc) is 2.04. The standard InChI is InChI=1S/C7H13NO4/c1-3-12-6(9)4-5-8-7(10)11-2/h3-5H2,1-2H3,(H,8,10). The number of ether oxygens (including phenoxy) is 2. The van der Waals surface area contributed by atoms with Crippen LogP contribution < -0.4 is 5.32 Å². The van der Waals surface area contributed by atoms with Gasteiger partial charge in [0.15, 0.2) is 0 Å². The van der Waals surface area contributed by atoms with Gasteiger partial charge in [0, 0.05) is 6.54 Å². The van der Waals surface area contributed by atoms with E-state index in [1.54, 1.807) is 6.92 Å². The van der Waals surface area contributed by atoms with Crippen LogP contribution in [0.5, 0.6) is 0 Å². The van der Waals surface area contributed by atoms with Gasteiger partial charge in [0.1, 0.15) is 0 Å². The van der Waals surface area contributed by atoms with Crippen LogP contribution in [0.15, 0.2) is 0 Å². The van der Waals surface area contributed by atoms with Gasteiger partial charge < -0.3 is 14.8 Å². The zero-order chi connectivity index (χ0) is 9.40. The minimum Gasteiger partial charge on any atom is -0.466 e. The molecule has 0 aliphatic carbocycles. The third-order valence-electron chi connectivity index (χ3n) is 1.09. The van der Waals surface area contributed by atoms with Gasteiger partial charge in [0.25, 0.3) is 0 Å². The lowest BCUT2D eigenvalue weighted by molar-refractivity contribution is -0.142.